The number of hydrogen-bond donors (Lipinski definition) is 0. The summed E-state index contributed by atoms with van der Waals surface area (Å²) in [6, 6.07) is 0. The number of carbonyl (C=O) groups is 3. The normalized spacial score (nSPS) is 37.8. The zero-order valence-electron chi connectivity index (χ0n) is 13.6. The highest BCUT2D eigenvalue weighted by Gasteiger charge is 2.42. The number of ether oxygens (including phenoxy) is 2. The smallest absolute Gasteiger partial charge is 0.309 e. The molecule has 128 valence electrons. The molecular formula is C19H22O5. The molecule has 4 aliphatic carbocycles. The molecule has 0 radical (unpaired) electrons. The summed E-state index contributed by atoms with van der Waals surface area (Å²) in [7, 11) is 0. The third-order valence-corrected chi connectivity index (χ3v) is 5.91. The van der Waals surface area contributed by atoms with E-state index in [1.165, 1.54) is 0 Å². The Bertz CT molecular complexity index is 567. The van der Waals surface area contributed by atoms with E-state index >= 15 is 0 Å². The lowest BCUT2D eigenvalue weighted by Crippen LogP contribution is -2.28. The van der Waals surface area contributed by atoms with E-state index in [9.17, 15) is 14.4 Å². The van der Waals surface area contributed by atoms with Crippen molar-refractivity contribution in [3.8, 4) is 0 Å². The van der Waals surface area contributed by atoms with Gasteiger partial charge in [0.1, 0.15) is 0 Å². The number of hydrogen-bond acceptors (Lipinski definition) is 5. The van der Waals surface area contributed by atoms with E-state index in [4.69, 9.17) is 9.47 Å². The van der Waals surface area contributed by atoms with Crippen LogP contribution in [-0.2, 0) is 23.9 Å². The Kier molecular flexibility index (Phi) is 4.02. The van der Waals surface area contributed by atoms with Gasteiger partial charge in [0.05, 0.1) is 11.8 Å². The second kappa shape index (κ2) is 6.19. The summed E-state index contributed by atoms with van der Waals surface area (Å²) in [5, 5.41) is 0. The monoisotopic (exact) mass is 330 g/mol. The van der Waals surface area contributed by atoms with E-state index < -0.39 is 0 Å². The molecule has 0 aliphatic heterocycles. The van der Waals surface area contributed by atoms with Crippen LogP contribution in [0.25, 0.3) is 0 Å². The highest BCUT2D eigenvalue weighted by molar-refractivity contribution is 5.86. The van der Waals surface area contributed by atoms with Crippen molar-refractivity contribution in [1.29, 1.82) is 0 Å². The highest BCUT2D eigenvalue weighted by atomic mass is 16.6. The summed E-state index contributed by atoms with van der Waals surface area (Å²) in [5.41, 5.74) is 0. The first-order valence-corrected chi connectivity index (χ1v) is 8.82. The van der Waals surface area contributed by atoms with Crippen molar-refractivity contribution < 1.29 is 23.9 Å². The lowest BCUT2D eigenvalue weighted by Gasteiger charge is -2.17. The van der Waals surface area contributed by atoms with Gasteiger partial charge in [0.2, 0.25) is 5.78 Å². The van der Waals surface area contributed by atoms with Gasteiger partial charge in [0.25, 0.3) is 0 Å². The fourth-order valence-electron chi connectivity index (χ4n) is 4.66. The third kappa shape index (κ3) is 2.92. The number of allylic oxidation sites excluding steroid dienone is 4. The minimum atomic E-state index is -0.367. The number of rotatable bonds is 6. The molecule has 5 heteroatoms. The van der Waals surface area contributed by atoms with Crippen molar-refractivity contribution in [2.75, 3.05) is 13.2 Å². The van der Waals surface area contributed by atoms with Gasteiger partial charge in [-0.2, -0.15) is 0 Å². The largest absolute Gasteiger partial charge is 0.457 e. The molecule has 24 heavy (non-hydrogen) atoms. The van der Waals surface area contributed by atoms with Crippen LogP contribution in [0.15, 0.2) is 24.3 Å². The van der Waals surface area contributed by atoms with E-state index in [-0.39, 0.29) is 54.6 Å². The Balaban J connectivity index is 1.17. The van der Waals surface area contributed by atoms with E-state index in [1.54, 1.807) is 0 Å². The van der Waals surface area contributed by atoms with Crippen molar-refractivity contribution in [1.82, 2.24) is 0 Å². The molecule has 5 nitrogen and oxygen atoms in total. The van der Waals surface area contributed by atoms with Crippen molar-refractivity contribution >= 4 is 17.7 Å². The maximum Gasteiger partial charge on any atom is 0.309 e. The molecule has 2 fully saturated rings. The maximum absolute atomic E-state index is 12.0. The van der Waals surface area contributed by atoms with Gasteiger partial charge in [-0.15, -0.1) is 0 Å². The average molecular weight is 330 g/mol. The molecule has 0 aromatic heterocycles. The summed E-state index contributed by atoms with van der Waals surface area (Å²) in [6.07, 6.45) is 12.1. The van der Waals surface area contributed by atoms with Gasteiger partial charge in [0, 0.05) is 0 Å². The highest BCUT2D eigenvalue weighted by Crippen LogP contribution is 2.44. The minimum Gasteiger partial charge on any atom is -0.457 e. The zero-order valence-corrected chi connectivity index (χ0v) is 13.6. The van der Waals surface area contributed by atoms with E-state index in [1.807, 2.05) is 0 Å². The molecule has 4 bridgehead atoms. The van der Waals surface area contributed by atoms with Crippen LogP contribution >= 0.6 is 0 Å². The molecule has 0 aromatic rings. The fraction of sp³-hybridized carbons (Fsp3) is 0.632. The van der Waals surface area contributed by atoms with Gasteiger partial charge in [0.15, 0.2) is 13.2 Å². The lowest BCUT2D eigenvalue weighted by molar-refractivity contribution is -0.157. The second-order valence-electron chi connectivity index (χ2n) is 7.53. The van der Waals surface area contributed by atoms with Crippen LogP contribution in [0.2, 0.25) is 0 Å². The van der Waals surface area contributed by atoms with E-state index in [0.717, 1.165) is 25.7 Å². The van der Waals surface area contributed by atoms with Crippen molar-refractivity contribution in [2.24, 2.45) is 35.5 Å². The Morgan fingerprint density at radius 2 is 1.17 bits per heavy atom. The lowest BCUT2D eigenvalue weighted by atomic mass is 9.94. The van der Waals surface area contributed by atoms with Gasteiger partial charge in [-0.25, -0.2) is 0 Å². The standard InChI is InChI=1S/C19H22O5/c20-15(9-23-18(21)16-7-11-1-3-13(16)5-11)10-24-19(22)17-8-12-2-4-14(17)6-12/h1-4,11-14,16-17H,5-10H2/t11-,12+,13+,14-,16+,17-. The van der Waals surface area contributed by atoms with Crippen molar-refractivity contribution in [2.45, 2.75) is 25.7 Å². The van der Waals surface area contributed by atoms with Gasteiger partial charge in [-0.05, 0) is 49.4 Å². The molecule has 0 aromatic carbocycles. The Hall–Kier alpha value is -1.91. The number of Topliss-reactive ketones (excluding diaryl/α,β-unsaturated/α-hetero) is 1. The van der Waals surface area contributed by atoms with Gasteiger partial charge < -0.3 is 9.47 Å². The molecular weight excluding hydrogens is 308 g/mol. The molecule has 2 saturated carbocycles. The molecule has 0 N–H and O–H groups in total. The number of carbonyl (C=O) groups excluding carboxylic acids is 3. The summed E-state index contributed by atoms with van der Waals surface area (Å²) in [6.45, 7) is -0.610. The van der Waals surface area contributed by atoms with Gasteiger partial charge in [-0.1, -0.05) is 24.3 Å². The number of fused-ring (bicyclic) bond motifs is 4. The fourth-order valence-corrected chi connectivity index (χ4v) is 4.66. The van der Waals surface area contributed by atoms with Crippen molar-refractivity contribution in [3.63, 3.8) is 0 Å². The van der Waals surface area contributed by atoms with Crippen LogP contribution in [0.1, 0.15) is 25.7 Å². The first-order valence-electron chi connectivity index (χ1n) is 8.82. The maximum atomic E-state index is 12.0. The Morgan fingerprint density at radius 3 is 1.50 bits per heavy atom. The molecule has 0 amide bonds. The topological polar surface area (TPSA) is 69.7 Å². The van der Waals surface area contributed by atoms with Crippen LogP contribution in [0.4, 0.5) is 0 Å². The van der Waals surface area contributed by atoms with Crippen LogP contribution in [-0.4, -0.2) is 30.9 Å². The van der Waals surface area contributed by atoms with E-state index in [2.05, 4.69) is 24.3 Å². The second-order valence-corrected chi connectivity index (χ2v) is 7.53. The predicted molar refractivity (Wildman–Crippen MR) is 84.6 cm³/mol. The minimum absolute atomic E-state index is 0.115. The quantitative estimate of drug-likeness (QED) is 0.551. The molecule has 0 unspecified atom stereocenters. The van der Waals surface area contributed by atoms with Crippen LogP contribution < -0.4 is 0 Å². The summed E-state index contributed by atoms with van der Waals surface area (Å²) in [4.78, 5) is 35.9. The predicted octanol–water partition coefficient (Wildman–Crippen LogP) is 2.07. The molecule has 0 spiro atoms. The average Bonchev–Trinajstić information content (AvgIpc) is 3.37. The van der Waals surface area contributed by atoms with Gasteiger partial charge >= 0.3 is 11.9 Å². The van der Waals surface area contributed by atoms with E-state index in [0.29, 0.717) is 11.8 Å². The molecule has 6 atom stereocenters. The molecule has 4 rings (SSSR count). The summed E-state index contributed by atoms with van der Waals surface area (Å²) in [5.74, 6) is 0.304. The first-order chi connectivity index (χ1) is 11.6. The number of ketones is 1. The molecule has 0 heterocycles. The number of esters is 2. The van der Waals surface area contributed by atoms with Crippen LogP contribution in [0, 0.1) is 35.5 Å². The van der Waals surface area contributed by atoms with Gasteiger partial charge in [-0.3, -0.25) is 14.4 Å². The zero-order chi connectivity index (χ0) is 16.7. The Labute approximate surface area is 141 Å². The summed E-state index contributed by atoms with van der Waals surface area (Å²) >= 11 is 0. The SMILES string of the molecule is O=C(COC(=O)[C@H]1C[C@@H]2C=C[C@H]1C2)COC(=O)[C@@H]1C[C@H]2C=C[C@@H]1C2. The van der Waals surface area contributed by atoms with Crippen molar-refractivity contribution in [3.05, 3.63) is 24.3 Å². The summed E-state index contributed by atoms with van der Waals surface area (Å²) < 4.78 is 10.2. The first kappa shape index (κ1) is 15.6. The molecule has 0 saturated heterocycles. The third-order valence-electron chi connectivity index (χ3n) is 5.91. The molecule has 4 aliphatic rings. The van der Waals surface area contributed by atoms with Crippen LogP contribution in [0.3, 0.4) is 0 Å². The Morgan fingerprint density at radius 1 is 0.708 bits per heavy atom. The van der Waals surface area contributed by atoms with Crippen LogP contribution in [0.5, 0.6) is 0 Å².